The molecule has 0 spiro atoms. The maximum Gasteiger partial charge on any atom is 0.272 e. The second-order valence-electron chi connectivity index (χ2n) is 6.00. The molecule has 1 atom stereocenters. The summed E-state index contributed by atoms with van der Waals surface area (Å²) in [5.74, 6) is -0.0884. The first-order chi connectivity index (χ1) is 11.1. The zero-order valence-corrected chi connectivity index (χ0v) is 16.0. The minimum atomic E-state index is -0.0884. The van der Waals surface area contributed by atoms with Gasteiger partial charge in [-0.05, 0) is 37.5 Å². The summed E-state index contributed by atoms with van der Waals surface area (Å²) in [6.07, 6.45) is 2.74. The number of amides is 1. The molecule has 24 heavy (non-hydrogen) atoms. The lowest BCUT2D eigenvalue weighted by atomic mass is 10.0. The molecule has 2 aromatic rings. The summed E-state index contributed by atoms with van der Waals surface area (Å²) >= 11 is 3.44. The second kappa shape index (κ2) is 8.65. The van der Waals surface area contributed by atoms with E-state index in [1.165, 1.54) is 5.56 Å². The topological polar surface area (TPSA) is 69.8 Å². The molecule has 0 saturated heterocycles. The summed E-state index contributed by atoms with van der Waals surface area (Å²) in [4.78, 5) is 12.4. The Bertz CT molecular complexity index is 686. The maximum atomic E-state index is 12.4. The number of H-pyrrole nitrogens is 1. The van der Waals surface area contributed by atoms with E-state index < -0.39 is 0 Å². The molecule has 2 heterocycles. The van der Waals surface area contributed by atoms with Crippen LogP contribution in [0.2, 0.25) is 0 Å². The quantitative estimate of drug-likeness (QED) is 0.706. The lowest BCUT2D eigenvalue weighted by Gasteiger charge is -2.15. The number of rotatable bonds is 5. The van der Waals surface area contributed by atoms with Gasteiger partial charge in [0.15, 0.2) is 5.69 Å². The molecule has 1 aromatic heterocycles. The number of benzene rings is 1. The summed E-state index contributed by atoms with van der Waals surface area (Å²) in [5.41, 5.74) is 3.89. The monoisotopic (exact) mass is 412 g/mol. The predicted molar refractivity (Wildman–Crippen MR) is 101 cm³/mol. The number of fused-ring (bicyclic) bond motifs is 1. The number of aromatic nitrogens is 2. The molecule has 3 N–H and O–H groups in total. The highest BCUT2D eigenvalue weighted by molar-refractivity contribution is 9.10. The van der Waals surface area contributed by atoms with E-state index in [1.54, 1.807) is 0 Å². The smallest absolute Gasteiger partial charge is 0.272 e. The third-order valence-corrected chi connectivity index (χ3v) is 4.71. The average molecular weight is 414 g/mol. The molecule has 1 aromatic carbocycles. The van der Waals surface area contributed by atoms with Crippen LogP contribution >= 0.6 is 28.3 Å². The largest absolute Gasteiger partial charge is 0.348 e. The van der Waals surface area contributed by atoms with E-state index in [4.69, 9.17) is 0 Å². The highest BCUT2D eigenvalue weighted by Crippen LogP contribution is 2.16. The summed E-state index contributed by atoms with van der Waals surface area (Å²) in [6, 6.07) is 8.40. The normalized spacial score (nSPS) is 14.4. The van der Waals surface area contributed by atoms with Crippen LogP contribution in [0.1, 0.15) is 40.7 Å². The fourth-order valence-electron chi connectivity index (χ4n) is 2.81. The van der Waals surface area contributed by atoms with E-state index >= 15 is 0 Å². The Morgan fingerprint density at radius 1 is 1.38 bits per heavy atom. The molecule has 1 aliphatic rings. The number of hydrogen-bond donors (Lipinski definition) is 3. The maximum absolute atomic E-state index is 12.4. The summed E-state index contributed by atoms with van der Waals surface area (Å²) < 4.78 is 1.08. The first-order valence-corrected chi connectivity index (χ1v) is 8.75. The molecule has 0 saturated carbocycles. The Balaban J connectivity index is 0.00000208. The van der Waals surface area contributed by atoms with Crippen LogP contribution in [0.5, 0.6) is 0 Å². The third kappa shape index (κ3) is 4.59. The number of hydrogen-bond acceptors (Lipinski definition) is 3. The number of halogens is 2. The molecule has 5 nitrogen and oxygen atoms in total. The fourth-order valence-corrected chi connectivity index (χ4v) is 3.08. The van der Waals surface area contributed by atoms with E-state index in [9.17, 15) is 4.79 Å². The van der Waals surface area contributed by atoms with Crippen LogP contribution in [0.15, 0.2) is 28.7 Å². The van der Waals surface area contributed by atoms with Gasteiger partial charge in [0.25, 0.3) is 5.91 Å². The minimum Gasteiger partial charge on any atom is -0.348 e. The molecule has 0 fully saturated rings. The Labute approximate surface area is 156 Å². The van der Waals surface area contributed by atoms with Gasteiger partial charge in [0.1, 0.15) is 0 Å². The Kier molecular flexibility index (Phi) is 6.83. The van der Waals surface area contributed by atoms with Gasteiger partial charge in [-0.25, -0.2) is 0 Å². The summed E-state index contributed by atoms with van der Waals surface area (Å²) in [5, 5.41) is 13.5. The van der Waals surface area contributed by atoms with Crippen LogP contribution in [0, 0.1) is 0 Å². The number of aromatic amines is 1. The summed E-state index contributed by atoms with van der Waals surface area (Å²) in [7, 11) is 0. The highest BCUT2D eigenvalue weighted by Gasteiger charge is 2.22. The van der Waals surface area contributed by atoms with Crippen molar-refractivity contribution in [2.45, 2.75) is 38.8 Å². The molecule has 0 aliphatic carbocycles. The molecule has 1 amide bonds. The predicted octanol–water partition coefficient (Wildman–Crippen LogP) is 2.99. The first-order valence-electron chi connectivity index (χ1n) is 7.95. The number of nitrogens with zero attached hydrogens (tertiary/aromatic N) is 1. The van der Waals surface area contributed by atoms with Gasteiger partial charge in [0, 0.05) is 41.3 Å². The number of nitrogens with one attached hydrogen (secondary N) is 3. The van der Waals surface area contributed by atoms with Crippen molar-refractivity contribution in [1.82, 2.24) is 20.8 Å². The van der Waals surface area contributed by atoms with Crippen molar-refractivity contribution in [3.63, 3.8) is 0 Å². The highest BCUT2D eigenvalue weighted by atomic mass is 79.9. The van der Waals surface area contributed by atoms with E-state index in [-0.39, 0.29) is 24.4 Å². The lowest BCUT2D eigenvalue weighted by molar-refractivity contribution is 0.0932. The van der Waals surface area contributed by atoms with E-state index in [1.807, 2.05) is 19.1 Å². The number of aryl methyl sites for hydroxylation is 1. The Morgan fingerprint density at radius 3 is 2.88 bits per heavy atom. The minimum absolute atomic E-state index is 0. The molecule has 0 bridgehead atoms. The van der Waals surface area contributed by atoms with Crippen LogP contribution in [-0.2, 0) is 19.4 Å². The van der Waals surface area contributed by atoms with Gasteiger partial charge in [-0.3, -0.25) is 9.89 Å². The molecule has 1 unspecified atom stereocenters. The van der Waals surface area contributed by atoms with Crippen molar-refractivity contribution < 1.29 is 4.79 Å². The van der Waals surface area contributed by atoms with Gasteiger partial charge in [-0.1, -0.05) is 28.1 Å². The SMILES string of the molecule is CC(CCc1ccc(Br)cc1)NC(=O)c1n[nH]c2c1CNCC2.Cl. The number of carbonyl (C=O) groups excluding carboxylic acids is 1. The van der Waals surface area contributed by atoms with Crippen molar-refractivity contribution >= 4 is 34.2 Å². The zero-order chi connectivity index (χ0) is 16.2. The second-order valence-corrected chi connectivity index (χ2v) is 6.91. The average Bonchev–Trinajstić information content (AvgIpc) is 2.98. The molecule has 130 valence electrons. The van der Waals surface area contributed by atoms with Gasteiger partial charge in [-0.2, -0.15) is 5.10 Å². The molecular formula is C17H22BrClN4O. The van der Waals surface area contributed by atoms with Crippen molar-refractivity contribution in [1.29, 1.82) is 0 Å². The van der Waals surface area contributed by atoms with E-state index in [0.29, 0.717) is 12.2 Å². The van der Waals surface area contributed by atoms with Crippen LogP contribution in [0.3, 0.4) is 0 Å². The van der Waals surface area contributed by atoms with Gasteiger partial charge in [-0.15, -0.1) is 12.4 Å². The van der Waals surface area contributed by atoms with Crippen molar-refractivity contribution in [3.05, 3.63) is 51.3 Å². The van der Waals surface area contributed by atoms with E-state index in [2.05, 4.69) is 48.9 Å². The van der Waals surface area contributed by atoms with Gasteiger partial charge >= 0.3 is 0 Å². The van der Waals surface area contributed by atoms with E-state index in [0.717, 1.165) is 41.5 Å². The van der Waals surface area contributed by atoms with Gasteiger partial charge in [0.2, 0.25) is 0 Å². The molecule has 0 radical (unpaired) electrons. The Morgan fingerprint density at radius 2 is 2.12 bits per heavy atom. The van der Waals surface area contributed by atoms with Crippen molar-refractivity contribution in [2.24, 2.45) is 0 Å². The first kappa shape index (κ1) is 19.0. The van der Waals surface area contributed by atoms with Gasteiger partial charge in [0.05, 0.1) is 0 Å². The number of carbonyl (C=O) groups is 1. The molecular weight excluding hydrogens is 392 g/mol. The fraction of sp³-hybridized carbons (Fsp3) is 0.412. The Hall–Kier alpha value is -1.37. The summed E-state index contributed by atoms with van der Waals surface area (Å²) in [6.45, 7) is 3.68. The van der Waals surface area contributed by atoms with Crippen LogP contribution in [-0.4, -0.2) is 28.7 Å². The zero-order valence-electron chi connectivity index (χ0n) is 13.6. The van der Waals surface area contributed by atoms with Crippen LogP contribution < -0.4 is 10.6 Å². The molecule has 7 heteroatoms. The third-order valence-electron chi connectivity index (χ3n) is 4.18. The van der Waals surface area contributed by atoms with Crippen LogP contribution in [0.4, 0.5) is 0 Å². The van der Waals surface area contributed by atoms with Crippen molar-refractivity contribution in [3.8, 4) is 0 Å². The molecule has 1 aliphatic heterocycles. The lowest BCUT2D eigenvalue weighted by Crippen LogP contribution is -2.34. The standard InChI is InChI=1S/C17H21BrN4O.ClH/c1-11(2-3-12-4-6-13(18)7-5-12)20-17(23)16-14-10-19-9-8-15(14)21-22-16;/h4-7,11,19H,2-3,8-10H2,1H3,(H,20,23)(H,21,22);1H. The van der Waals surface area contributed by atoms with Gasteiger partial charge < -0.3 is 10.6 Å². The van der Waals surface area contributed by atoms with Crippen LogP contribution in [0.25, 0.3) is 0 Å². The van der Waals surface area contributed by atoms with Crippen molar-refractivity contribution in [2.75, 3.05) is 6.54 Å². The molecule has 3 rings (SSSR count).